The molecular weight excluding hydrogens is 265 g/mol. The van der Waals surface area contributed by atoms with Crippen molar-refractivity contribution in [3.63, 3.8) is 0 Å². The van der Waals surface area contributed by atoms with Gasteiger partial charge in [-0.2, -0.15) is 0 Å². The van der Waals surface area contributed by atoms with E-state index >= 15 is 0 Å². The van der Waals surface area contributed by atoms with Crippen molar-refractivity contribution in [2.75, 3.05) is 12.8 Å². The molecule has 0 radical (unpaired) electrons. The zero-order chi connectivity index (χ0) is 13.7. The molecule has 0 saturated heterocycles. The number of H-pyrrole nitrogens is 1. The lowest BCUT2D eigenvalue weighted by Gasteiger charge is -2.15. The van der Waals surface area contributed by atoms with Crippen LogP contribution in [-0.2, 0) is 11.3 Å². The average molecular weight is 279 g/mol. The van der Waals surface area contributed by atoms with Gasteiger partial charge in [-0.1, -0.05) is 12.1 Å². The lowest BCUT2D eigenvalue weighted by atomic mass is 10.3. The molecule has 0 aliphatic rings. The molecule has 0 fully saturated rings. The molecule has 1 N–H and O–H groups in total. The number of hydrogen-bond acceptors (Lipinski definition) is 3. The molecule has 100 valence electrons. The molecule has 1 heterocycles. The minimum atomic E-state index is -0.297. The summed E-state index contributed by atoms with van der Waals surface area (Å²) in [4.78, 5) is 20.9. The van der Waals surface area contributed by atoms with Gasteiger partial charge in [0.2, 0.25) is 5.91 Å². The van der Waals surface area contributed by atoms with Crippen LogP contribution in [-0.4, -0.2) is 33.6 Å². The molecule has 1 amide bonds. The van der Waals surface area contributed by atoms with Crippen LogP contribution < -0.4 is 0 Å². The summed E-state index contributed by atoms with van der Waals surface area (Å²) >= 11 is 1.20. The molecule has 0 aliphatic heterocycles. The third-order valence-electron chi connectivity index (χ3n) is 2.56. The SMILES string of the molecule is CN(Cc1ncc[nH]1)C(=O)CSc1ccccc1F. The fourth-order valence-corrected chi connectivity index (χ4v) is 2.39. The van der Waals surface area contributed by atoms with Crippen molar-refractivity contribution < 1.29 is 9.18 Å². The number of amides is 1. The lowest BCUT2D eigenvalue weighted by Crippen LogP contribution is -2.28. The number of halogens is 1. The van der Waals surface area contributed by atoms with Crippen LogP contribution in [0.2, 0.25) is 0 Å². The predicted octanol–water partition coefficient (Wildman–Crippen LogP) is 2.30. The number of benzene rings is 1. The van der Waals surface area contributed by atoms with Crippen molar-refractivity contribution in [1.29, 1.82) is 0 Å². The van der Waals surface area contributed by atoms with Gasteiger partial charge >= 0.3 is 0 Å². The first-order valence-electron chi connectivity index (χ1n) is 5.76. The van der Waals surface area contributed by atoms with Gasteiger partial charge in [-0.15, -0.1) is 11.8 Å². The lowest BCUT2D eigenvalue weighted by molar-refractivity contribution is -0.127. The molecule has 0 unspecified atom stereocenters. The number of aromatic nitrogens is 2. The molecule has 19 heavy (non-hydrogen) atoms. The summed E-state index contributed by atoms with van der Waals surface area (Å²) in [5, 5.41) is 0. The Hall–Kier alpha value is -1.82. The minimum Gasteiger partial charge on any atom is -0.347 e. The Morgan fingerprint density at radius 2 is 2.26 bits per heavy atom. The molecule has 2 rings (SSSR count). The summed E-state index contributed by atoms with van der Waals surface area (Å²) in [7, 11) is 1.70. The molecule has 4 nitrogen and oxygen atoms in total. The quantitative estimate of drug-likeness (QED) is 0.854. The number of thioether (sulfide) groups is 1. The summed E-state index contributed by atoms with van der Waals surface area (Å²) < 4.78 is 13.4. The van der Waals surface area contributed by atoms with E-state index in [9.17, 15) is 9.18 Å². The fourth-order valence-electron chi connectivity index (χ4n) is 1.51. The zero-order valence-electron chi connectivity index (χ0n) is 10.5. The highest BCUT2D eigenvalue weighted by Gasteiger charge is 2.12. The number of rotatable bonds is 5. The third-order valence-corrected chi connectivity index (χ3v) is 3.59. The summed E-state index contributed by atoms with van der Waals surface area (Å²) in [6, 6.07) is 6.44. The van der Waals surface area contributed by atoms with Gasteiger partial charge in [0.1, 0.15) is 11.6 Å². The van der Waals surface area contributed by atoms with E-state index in [2.05, 4.69) is 9.97 Å². The molecule has 0 atom stereocenters. The van der Waals surface area contributed by atoms with Crippen molar-refractivity contribution in [2.24, 2.45) is 0 Å². The maximum absolute atomic E-state index is 13.4. The predicted molar refractivity (Wildman–Crippen MR) is 72.2 cm³/mol. The van der Waals surface area contributed by atoms with Crippen LogP contribution in [0.3, 0.4) is 0 Å². The van der Waals surface area contributed by atoms with E-state index in [1.165, 1.54) is 17.8 Å². The molecule has 0 aliphatic carbocycles. The Labute approximate surface area is 115 Å². The summed E-state index contributed by atoms with van der Waals surface area (Å²) in [5.41, 5.74) is 0. The number of hydrogen-bond donors (Lipinski definition) is 1. The Morgan fingerprint density at radius 1 is 1.47 bits per heavy atom. The van der Waals surface area contributed by atoms with Gasteiger partial charge in [0.15, 0.2) is 0 Å². The Bertz CT molecular complexity index is 545. The molecule has 0 bridgehead atoms. The van der Waals surface area contributed by atoms with Crippen molar-refractivity contribution >= 4 is 17.7 Å². The number of nitrogens with zero attached hydrogens (tertiary/aromatic N) is 2. The normalized spacial score (nSPS) is 10.4. The van der Waals surface area contributed by atoms with E-state index in [0.29, 0.717) is 11.4 Å². The molecule has 1 aromatic carbocycles. The second kappa shape index (κ2) is 6.38. The van der Waals surface area contributed by atoms with Gasteiger partial charge in [-0.05, 0) is 12.1 Å². The fraction of sp³-hybridized carbons (Fsp3) is 0.231. The Kier molecular flexibility index (Phi) is 4.57. The van der Waals surface area contributed by atoms with Crippen LogP contribution in [0.15, 0.2) is 41.6 Å². The van der Waals surface area contributed by atoms with E-state index in [1.807, 2.05) is 0 Å². The first-order valence-corrected chi connectivity index (χ1v) is 6.75. The molecular formula is C13H14FN3OS. The second-order valence-electron chi connectivity index (χ2n) is 4.00. The van der Waals surface area contributed by atoms with Crippen LogP contribution in [0.1, 0.15) is 5.82 Å². The number of nitrogens with one attached hydrogen (secondary N) is 1. The maximum atomic E-state index is 13.4. The Morgan fingerprint density at radius 3 is 2.95 bits per heavy atom. The van der Waals surface area contributed by atoms with E-state index in [4.69, 9.17) is 0 Å². The largest absolute Gasteiger partial charge is 0.347 e. The van der Waals surface area contributed by atoms with E-state index < -0.39 is 0 Å². The second-order valence-corrected chi connectivity index (χ2v) is 5.02. The zero-order valence-corrected chi connectivity index (χ0v) is 11.3. The number of carbonyl (C=O) groups excluding carboxylic acids is 1. The Balaban J connectivity index is 1.86. The van der Waals surface area contributed by atoms with Crippen LogP contribution in [0.4, 0.5) is 4.39 Å². The van der Waals surface area contributed by atoms with Crippen LogP contribution in [0, 0.1) is 5.82 Å². The summed E-state index contributed by atoms with van der Waals surface area (Å²) in [6.07, 6.45) is 3.35. The van der Waals surface area contributed by atoms with Crippen LogP contribution >= 0.6 is 11.8 Å². The van der Waals surface area contributed by atoms with E-state index in [0.717, 1.165) is 5.82 Å². The average Bonchev–Trinajstić information content (AvgIpc) is 2.90. The first kappa shape index (κ1) is 13.6. The molecule has 0 saturated carbocycles. The van der Waals surface area contributed by atoms with Gasteiger partial charge in [-0.3, -0.25) is 4.79 Å². The molecule has 0 spiro atoms. The van der Waals surface area contributed by atoms with Gasteiger partial charge in [0, 0.05) is 24.3 Å². The van der Waals surface area contributed by atoms with Gasteiger partial charge in [-0.25, -0.2) is 9.37 Å². The third kappa shape index (κ3) is 3.82. The van der Waals surface area contributed by atoms with Crippen molar-refractivity contribution in [1.82, 2.24) is 14.9 Å². The van der Waals surface area contributed by atoms with E-state index in [-0.39, 0.29) is 17.5 Å². The number of aromatic amines is 1. The smallest absolute Gasteiger partial charge is 0.233 e. The molecule has 2 aromatic rings. The standard InChI is InChI=1S/C13H14FN3OS/c1-17(8-12-15-6-7-16-12)13(18)9-19-11-5-3-2-4-10(11)14/h2-7H,8-9H2,1H3,(H,15,16). The minimum absolute atomic E-state index is 0.0651. The first-order chi connectivity index (χ1) is 9.16. The monoisotopic (exact) mass is 279 g/mol. The maximum Gasteiger partial charge on any atom is 0.233 e. The highest BCUT2D eigenvalue weighted by molar-refractivity contribution is 8.00. The topological polar surface area (TPSA) is 49.0 Å². The van der Waals surface area contributed by atoms with E-state index in [1.54, 1.807) is 42.5 Å². The molecule has 1 aromatic heterocycles. The number of imidazole rings is 1. The molecule has 6 heteroatoms. The highest BCUT2D eigenvalue weighted by Crippen LogP contribution is 2.21. The highest BCUT2D eigenvalue weighted by atomic mass is 32.2. The summed E-state index contributed by atoms with van der Waals surface area (Å²) in [5.74, 6) is 0.573. The van der Waals surface area contributed by atoms with Crippen molar-refractivity contribution in [3.05, 3.63) is 48.3 Å². The van der Waals surface area contributed by atoms with Gasteiger partial charge < -0.3 is 9.88 Å². The van der Waals surface area contributed by atoms with Crippen LogP contribution in [0.25, 0.3) is 0 Å². The summed E-state index contributed by atoms with van der Waals surface area (Å²) in [6.45, 7) is 0.420. The van der Waals surface area contributed by atoms with Crippen molar-refractivity contribution in [3.8, 4) is 0 Å². The van der Waals surface area contributed by atoms with Crippen LogP contribution in [0.5, 0.6) is 0 Å². The van der Waals surface area contributed by atoms with Gasteiger partial charge in [0.05, 0.1) is 12.3 Å². The van der Waals surface area contributed by atoms with Crippen molar-refractivity contribution in [2.45, 2.75) is 11.4 Å². The van der Waals surface area contributed by atoms with Gasteiger partial charge in [0.25, 0.3) is 0 Å². The number of carbonyl (C=O) groups is 1.